The lowest BCUT2D eigenvalue weighted by Crippen LogP contribution is -2.42. The minimum Gasteiger partial charge on any atom is -0.411 e. The van der Waals surface area contributed by atoms with Gasteiger partial charge in [0.05, 0.1) is 5.71 Å². The van der Waals surface area contributed by atoms with Gasteiger partial charge in [0, 0.05) is 11.8 Å². The maximum atomic E-state index is 9.73. The number of rotatable bonds is 3. The fraction of sp³-hybridized carbons (Fsp3) is 0.348. The summed E-state index contributed by atoms with van der Waals surface area (Å²) in [6, 6.07) is 21.2. The molecule has 2 saturated carbocycles. The van der Waals surface area contributed by atoms with Crippen LogP contribution >= 0.6 is 0 Å². The summed E-state index contributed by atoms with van der Waals surface area (Å²) in [5, 5.41) is 13.5. The Hall–Kier alpha value is -2.35. The van der Waals surface area contributed by atoms with E-state index in [1.54, 1.807) is 0 Å². The van der Waals surface area contributed by atoms with Gasteiger partial charge in [-0.05, 0) is 42.2 Å². The first-order valence-electron chi connectivity index (χ1n) is 9.37. The standard InChI is InChI=1S/C23H25NO/c25-24-23-20-12-7-13-21(23)22(18-10-5-2-6-11-18)16-19(20)15-14-17-8-3-1-4-9-17/h1-6,8-11,14-15,19-22,25H,7,12-13,16H2. The second-order valence-corrected chi connectivity index (χ2v) is 7.36. The molecule has 2 aliphatic carbocycles. The van der Waals surface area contributed by atoms with Crippen LogP contribution in [0.4, 0.5) is 0 Å². The fourth-order valence-corrected chi connectivity index (χ4v) is 4.82. The molecule has 25 heavy (non-hydrogen) atoms. The van der Waals surface area contributed by atoms with Crippen LogP contribution in [0.15, 0.2) is 71.9 Å². The molecule has 0 amide bonds. The molecule has 4 unspecified atom stereocenters. The summed E-state index contributed by atoms with van der Waals surface area (Å²) < 4.78 is 0. The van der Waals surface area contributed by atoms with Gasteiger partial charge in [-0.1, -0.05) is 84.4 Å². The third-order valence-corrected chi connectivity index (χ3v) is 6.00. The number of oxime groups is 1. The molecule has 0 aliphatic heterocycles. The van der Waals surface area contributed by atoms with Crippen LogP contribution in [0, 0.1) is 17.8 Å². The lowest BCUT2D eigenvalue weighted by atomic mass is 9.59. The van der Waals surface area contributed by atoms with Gasteiger partial charge < -0.3 is 5.21 Å². The fourth-order valence-electron chi connectivity index (χ4n) is 4.82. The maximum Gasteiger partial charge on any atom is 0.0644 e. The highest BCUT2D eigenvalue weighted by atomic mass is 16.4. The van der Waals surface area contributed by atoms with Crippen molar-refractivity contribution in [2.45, 2.75) is 31.6 Å². The molecular formula is C23H25NO. The first kappa shape index (κ1) is 16.1. The maximum absolute atomic E-state index is 9.73. The molecule has 128 valence electrons. The zero-order chi connectivity index (χ0) is 17.1. The molecule has 2 aromatic carbocycles. The molecule has 0 heterocycles. The Morgan fingerprint density at radius 3 is 2.24 bits per heavy atom. The van der Waals surface area contributed by atoms with Crippen LogP contribution in [0.25, 0.3) is 6.08 Å². The number of benzene rings is 2. The molecule has 0 saturated heterocycles. The summed E-state index contributed by atoms with van der Waals surface area (Å²) in [4.78, 5) is 0. The molecule has 0 aromatic heterocycles. The van der Waals surface area contributed by atoms with Crippen molar-refractivity contribution in [3.8, 4) is 0 Å². The average Bonchev–Trinajstić information content (AvgIpc) is 2.68. The Labute approximate surface area is 149 Å². The van der Waals surface area contributed by atoms with Crippen LogP contribution in [-0.2, 0) is 0 Å². The highest BCUT2D eigenvalue weighted by Crippen LogP contribution is 2.49. The third-order valence-electron chi connectivity index (χ3n) is 6.00. The van der Waals surface area contributed by atoms with Gasteiger partial charge in [0.25, 0.3) is 0 Å². The van der Waals surface area contributed by atoms with Gasteiger partial charge in [-0.25, -0.2) is 0 Å². The van der Waals surface area contributed by atoms with E-state index in [1.165, 1.54) is 17.5 Å². The molecule has 2 heteroatoms. The van der Waals surface area contributed by atoms with Gasteiger partial charge in [0.15, 0.2) is 0 Å². The molecule has 2 aromatic rings. The van der Waals surface area contributed by atoms with E-state index in [2.05, 4.69) is 71.9 Å². The Balaban J connectivity index is 1.65. The normalized spacial score (nSPS) is 30.6. The van der Waals surface area contributed by atoms with E-state index >= 15 is 0 Å². The zero-order valence-corrected chi connectivity index (χ0v) is 14.5. The smallest absolute Gasteiger partial charge is 0.0644 e. The minimum atomic E-state index is 0.392. The van der Waals surface area contributed by atoms with E-state index in [-0.39, 0.29) is 0 Å². The molecule has 4 rings (SSSR count). The van der Waals surface area contributed by atoms with Crippen LogP contribution in [0.2, 0.25) is 0 Å². The lowest BCUT2D eigenvalue weighted by molar-refractivity contribution is 0.235. The Morgan fingerprint density at radius 1 is 0.840 bits per heavy atom. The highest BCUT2D eigenvalue weighted by Gasteiger charge is 2.44. The Morgan fingerprint density at radius 2 is 1.52 bits per heavy atom. The van der Waals surface area contributed by atoms with Gasteiger partial charge in [0.2, 0.25) is 0 Å². The van der Waals surface area contributed by atoms with Gasteiger partial charge >= 0.3 is 0 Å². The molecule has 2 fully saturated rings. The molecule has 0 spiro atoms. The summed E-state index contributed by atoms with van der Waals surface area (Å²) in [7, 11) is 0. The van der Waals surface area contributed by atoms with E-state index in [1.807, 2.05) is 6.07 Å². The van der Waals surface area contributed by atoms with Crippen molar-refractivity contribution < 1.29 is 5.21 Å². The first-order chi connectivity index (χ1) is 12.4. The molecule has 0 radical (unpaired) electrons. The van der Waals surface area contributed by atoms with Gasteiger partial charge in [-0.2, -0.15) is 0 Å². The van der Waals surface area contributed by atoms with Crippen LogP contribution in [0.3, 0.4) is 0 Å². The second-order valence-electron chi connectivity index (χ2n) is 7.36. The number of nitrogens with zero attached hydrogens (tertiary/aromatic N) is 1. The van der Waals surface area contributed by atoms with E-state index in [4.69, 9.17) is 0 Å². The van der Waals surface area contributed by atoms with Crippen molar-refractivity contribution in [1.82, 2.24) is 0 Å². The monoisotopic (exact) mass is 331 g/mol. The molecule has 2 nitrogen and oxygen atoms in total. The predicted molar refractivity (Wildman–Crippen MR) is 103 cm³/mol. The van der Waals surface area contributed by atoms with Crippen LogP contribution in [0.1, 0.15) is 42.7 Å². The molecular weight excluding hydrogens is 306 g/mol. The summed E-state index contributed by atoms with van der Waals surface area (Å²) in [5.41, 5.74) is 3.65. The van der Waals surface area contributed by atoms with Crippen molar-refractivity contribution in [1.29, 1.82) is 0 Å². The predicted octanol–water partition coefficient (Wildman–Crippen LogP) is 5.75. The van der Waals surface area contributed by atoms with E-state index < -0.39 is 0 Å². The molecule has 2 aliphatic rings. The van der Waals surface area contributed by atoms with E-state index in [0.29, 0.717) is 23.7 Å². The van der Waals surface area contributed by atoms with Crippen LogP contribution in [0.5, 0.6) is 0 Å². The van der Waals surface area contributed by atoms with Gasteiger partial charge in [0.1, 0.15) is 0 Å². The van der Waals surface area contributed by atoms with Crippen LogP contribution in [-0.4, -0.2) is 10.9 Å². The number of hydrogen-bond acceptors (Lipinski definition) is 2. The largest absolute Gasteiger partial charge is 0.411 e. The number of fused-ring (bicyclic) bond motifs is 2. The number of allylic oxidation sites excluding steroid dienone is 1. The Kier molecular flexibility index (Phi) is 4.69. The second kappa shape index (κ2) is 7.26. The van der Waals surface area contributed by atoms with Gasteiger partial charge in [-0.3, -0.25) is 0 Å². The molecule has 4 atom stereocenters. The average molecular weight is 331 g/mol. The van der Waals surface area contributed by atoms with E-state index in [9.17, 15) is 5.21 Å². The quantitative estimate of drug-likeness (QED) is 0.563. The Bertz CT molecular complexity index is 750. The summed E-state index contributed by atoms with van der Waals surface area (Å²) >= 11 is 0. The van der Waals surface area contributed by atoms with E-state index in [0.717, 1.165) is 25.0 Å². The zero-order valence-electron chi connectivity index (χ0n) is 14.5. The topological polar surface area (TPSA) is 32.6 Å². The van der Waals surface area contributed by atoms with Gasteiger partial charge in [-0.15, -0.1) is 0 Å². The molecule has 2 bridgehead atoms. The SMILES string of the molecule is ON=C1C2CCCC1C(c1ccccc1)CC2C=Cc1ccccc1. The van der Waals surface area contributed by atoms with Crippen molar-refractivity contribution in [3.63, 3.8) is 0 Å². The number of hydrogen-bond donors (Lipinski definition) is 1. The van der Waals surface area contributed by atoms with Crippen molar-refractivity contribution in [2.24, 2.45) is 22.9 Å². The lowest BCUT2D eigenvalue weighted by Gasteiger charge is -2.45. The minimum absolute atomic E-state index is 0.392. The van der Waals surface area contributed by atoms with Crippen molar-refractivity contribution in [2.75, 3.05) is 0 Å². The van der Waals surface area contributed by atoms with Crippen molar-refractivity contribution >= 4 is 11.8 Å². The van der Waals surface area contributed by atoms with Crippen molar-refractivity contribution in [3.05, 3.63) is 77.9 Å². The third kappa shape index (κ3) is 3.26. The summed E-state index contributed by atoms with van der Waals surface area (Å²) in [6.07, 6.45) is 9.24. The molecule has 1 N–H and O–H groups in total. The first-order valence-corrected chi connectivity index (χ1v) is 9.37. The highest BCUT2D eigenvalue weighted by molar-refractivity contribution is 5.91. The summed E-state index contributed by atoms with van der Waals surface area (Å²) in [5.74, 6) is 1.68. The summed E-state index contributed by atoms with van der Waals surface area (Å²) in [6.45, 7) is 0. The van der Waals surface area contributed by atoms with Crippen LogP contribution < -0.4 is 0 Å².